The van der Waals surface area contributed by atoms with E-state index in [1.165, 1.54) is 6.42 Å². The summed E-state index contributed by atoms with van der Waals surface area (Å²) in [6.45, 7) is 4.91. The van der Waals surface area contributed by atoms with Crippen LogP contribution in [0.4, 0.5) is 0 Å². The molecule has 0 spiro atoms. The molecule has 86 valence electrons. The second kappa shape index (κ2) is 4.52. The molecule has 0 aromatic heterocycles. The highest BCUT2D eigenvalue weighted by atomic mass is 16.6. The first kappa shape index (κ1) is 10.9. The molecule has 5 unspecified atom stereocenters. The number of epoxide rings is 1. The van der Waals surface area contributed by atoms with Gasteiger partial charge in [-0.3, -0.25) is 4.79 Å². The van der Waals surface area contributed by atoms with Gasteiger partial charge in [-0.15, -0.1) is 0 Å². The number of carbonyl (C=O) groups is 1. The van der Waals surface area contributed by atoms with E-state index in [2.05, 4.69) is 13.8 Å². The van der Waals surface area contributed by atoms with Crippen LogP contribution in [-0.2, 0) is 14.3 Å². The van der Waals surface area contributed by atoms with E-state index in [0.717, 1.165) is 19.3 Å². The van der Waals surface area contributed by atoms with Crippen LogP contribution in [0, 0.1) is 11.8 Å². The fourth-order valence-electron chi connectivity index (χ4n) is 2.89. The standard InChI is InChI=1S/C12H20O3/c1-3-10(14-7-13)5-9-4-8(2)12-11(6-9)15-12/h7-12H,3-6H2,1-2H3. The van der Waals surface area contributed by atoms with Crippen molar-refractivity contribution in [3.05, 3.63) is 0 Å². The molecular weight excluding hydrogens is 192 g/mol. The van der Waals surface area contributed by atoms with Gasteiger partial charge in [-0.1, -0.05) is 13.8 Å². The predicted molar refractivity (Wildman–Crippen MR) is 56.4 cm³/mol. The van der Waals surface area contributed by atoms with Crippen molar-refractivity contribution in [1.82, 2.24) is 0 Å². The lowest BCUT2D eigenvalue weighted by atomic mass is 9.79. The molecule has 5 atom stereocenters. The summed E-state index contributed by atoms with van der Waals surface area (Å²) in [4.78, 5) is 10.3. The molecule has 1 aliphatic carbocycles. The van der Waals surface area contributed by atoms with E-state index in [9.17, 15) is 4.79 Å². The van der Waals surface area contributed by atoms with E-state index >= 15 is 0 Å². The summed E-state index contributed by atoms with van der Waals surface area (Å²) in [7, 11) is 0. The van der Waals surface area contributed by atoms with E-state index in [1.807, 2.05) is 0 Å². The SMILES string of the molecule is CCC(CC1CC(C)C2OC2C1)OC=O. The van der Waals surface area contributed by atoms with Gasteiger partial charge in [-0.2, -0.15) is 0 Å². The maximum atomic E-state index is 10.3. The van der Waals surface area contributed by atoms with Gasteiger partial charge in [0.1, 0.15) is 6.10 Å². The Kier molecular flexibility index (Phi) is 3.29. The van der Waals surface area contributed by atoms with E-state index in [4.69, 9.17) is 9.47 Å². The third-order valence-corrected chi connectivity index (χ3v) is 3.75. The van der Waals surface area contributed by atoms with Crippen molar-refractivity contribution in [2.24, 2.45) is 11.8 Å². The van der Waals surface area contributed by atoms with Crippen LogP contribution in [0.25, 0.3) is 0 Å². The molecule has 3 heteroatoms. The van der Waals surface area contributed by atoms with E-state index in [0.29, 0.717) is 30.5 Å². The van der Waals surface area contributed by atoms with Gasteiger partial charge in [0, 0.05) is 0 Å². The van der Waals surface area contributed by atoms with Crippen molar-refractivity contribution < 1.29 is 14.3 Å². The van der Waals surface area contributed by atoms with Crippen LogP contribution >= 0.6 is 0 Å². The van der Waals surface area contributed by atoms with Crippen LogP contribution in [0.2, 0.25) is 0 Å². The topological polar surface area (TPSA) is 38.8 Å². The number of carbonyl (C=O) groups excluding carboxylic acids is 1. The average Bonchev–Trinajstić information content (AvgIpc) is 2.96. The van der Waals surface area contributed by atoms with Gasteiger partial charge >= 0.3 is 0 Å². The Labute approximate surface area is 91.1 Å². The van der Waals surface area contributed by atoms with Gasteiger partial charge in [0.2, 0.25) is 0 Å². The highest BCUT2D eigenvalue weighted by Crippen LogP contribution is 2.44. The summed E-state index contributed by atoms with van der Waals surface area (Å²) >= 11 is 0. The van der Waals surface area contributed by atoms with Crippen LogP contribution in [0.3, 0.4) is 0 Å². The summed E-state index contributed by atoms with van der Waals surface area (Å²) < 4.78 is 10.6. The van der Waals surface area contributed by atoms with Crippen molar-refractivity contribution in [1.29, 1.82) is 0 Å². The Morgan fingerprint density at radius 2 is 2.33 bits per heavy atom. The Morgan fingerprint density at radius 1 is 1.53 bits per heavy atom. The molecule has 2 fully saturated rings. The quantitative estimate of drug-likeness (QED) is 0.517. The molecule has 0 bridgehead atoms. The minimum atomic E-state index is 0.106. The molecule has 3 nitrogen and oxygen atoms in total. The Morgan fingerprint density at radius 3 is 2.93 bits per heavy atom. The third kappa shape index (κ3) is 2.51. The molecule has 1 saturated carbocycles. The summed E-state index contributed by atoms with van der Waals surface area (Å²) in [5, 5.41) is 0. The van der Waals surface area contributed by atoms with E-state index < -0.39 is 0 Å². The fraction of sp³-hybridized carbons (Fsp3) is 0.917. The molecule has 0 amide bonds. The number of rotatable bonds is 5. The maximum Gasteiger partial charge on any atom is 0.293 e. The van der Waals surface area contributed by atoms with Gasteiger partial charge in [-0.05, 0) is 37.5 Å². The van der Waals surface area contributed by atoms with Gasteiger partial charge in [0.05, 0.1) is 12.2 Å². The first-order chi connectivity index (χ1) is 7.24. The molecule has 1 heterocycles. The minimum absolute atomic E-state index is 0.106. The minimum Gasteiger partial charge on any atom is -0.465 e. The summed E-state index contributed by atoms with van der Waals surface area (Å²) in [5.41, 5.74) is 0. The zero-order valence-corrected chi connectivity index (χ0v) is 9.52. The lowest BCUT2D eigenvalue weighted by Gasteiger charge is -2.26. The number of hydrogen-bond donors (Lipinski definition) is 0. The molecule has 0 aromatic rings. The van der Waals surface area contributed by atoms with Gasteiger partial charge in [0.25, 0.3) is 6.47 Å². The van der Waals surface area contributed by atoms with Crippen molar-refractivity contribution in [3.8, 4) is 0 Å². The lowest BCUT2D eigenvalue weighted by Crippen LogP contribution is -2.25. The van der Waals surface area contributed by atoms with Crippen LogP contribution in [-0.4, -0.2) is 24.8 Å². The fourth-order valence-corrected chi connectivity index (χ4v) is 2.89. The molecule has 1 saturated heterocycles. The molecular formula is C12H20O3. The summed E-state index contributed by atoms with van der Waals surface area (Å²) in [5.74, 6) is 1.36. The zero-order valence-electron chi connectivity index (χ0n) is 9.52. The van der Waals surface area contributed by atoms with Crippen LogP contribution in [0.1, 0.15) is 39.5 Å². The van der Waals surface area contributed by atoms with Crippen molar-refractivity contribution >= 4 is 6.47 Å². The average molecular weight is 212 g/mol. The smallest absolute Gasteiger partial charge is 0.293 e. The van der Waals surface area contributed by atoms with Crippen molar-refractivity contribution in [3.63, 3.8) is 0 Å². The molecule has 2 aliphatic rings. The summed E-state index contributed by atoms with van der Waals surface area (Å²) in [6.07, 6.45) is 5.45. The Bertz CT molecular complexity index is 229. The lowest BCUT2D eigenvalue weighted by molar-refractivity contribution is -0.134. The second-order valence-corrected chi connectivity index (χ2v) is 4.95. The first-order valence-corrected chi connectivity index (χ1v) is 5.99. The zero-order chi connectivity index (χ0) is 10.8. The second-order valence-electron chi connectivity index (χ2n) is 4.95. The normalized spacial score (nSPS) is 40.4. The van der Waals surface area contributed by atoms with Crippen LogP contribution in [0.5, 0.6) is 0 Å². The summed E-state index contributed by atoms with van der Waals surface area (Å²) in [6, 6.07) is 0. The van der Waals surface area contributed by atoms with Gasteiger partial charge in [-0.25, -0.2) is 0 Å². The highest BCUT2D eigenvalue weighted by molar-refractivity contribution is 5.37. The third-order valence-electron chi connectivity index (χ3n) is 3.75. The maximum absolute atomic E-state index is 10.3. The first-order valence-electron chi connectivity index (χ1n) is 5.99. The van der Waals surface area contributed by atoms with E-state index in [1.54, 1.807) is 0 Å². The Balaban J connectivity index is 1.80. The highest BCUT2D eigenvalue weighted by Gasteiger charge is 2.48. The molecule has 1 aliphatic heterocycles. The molecule has 2 rings (SSSR count). The van der Waals surface area contributed by atoms with Gasteiger partial charge in [0.15, 0.2) is 0 Å². The number of hydrogen-bond acceptors (Lipinski definition) is 3. The molecule has 0 N–H and O–H groups in total. The van der Waals surface area contributed by atoms with Gasteiger partial charge < -0.3 is 9.47 Å². The van der Waals surface area contributed by atoms with Crippen LogP contribution in [0.15, 0.2) is 0 Å². The van der Waals surface area contributed by atoms with Crippen molar-refractivity contribution in [2.75, 3.05) is 0 Å². The van der Waals surface area contributed by atoms with Crippen molar-refractivity contribution in [2.45, 2.75) is 57.8 Å². The number of ether oxygens (including phenoxy) is 2. The largest absolute Gasteiger partial charge is 0.465 e. The monoisotopic (exact) mass is 212 g/mol. The predicted octanol–water partition coefficient (Wildman–Crippen LogP) is 2.14. The van der Waals surface area contributed by atoms with E-state index in [-0.39, 0.29) is 6.10 Å². The number of fused-ring (bicyclic) bond motifs is 1. The molecule has 0 aromatic carbocycles. The molecule has 15 heavy (non-hydrogen) atoms. The molecule has 0 radical (unpaired) electrons. The Hall–Kier alpha value is -0.570. The van der Waals surface area contributed by atoms with Crippen LogP contribution < -0.4 is 0 Å².